The van der Waals surface area contributed by atoms with Gasteiger partial charge in [0.1, 0.15) is 17.6 Å². The molecule has 0 radical (unpaired) electrons. The number of hydrogen-bond donors (Lipinski definition) is 1. The predicted molar refractivity (Wildman–Crippen MR) is 129 cm³/mol. The minimum Gasteiger partial charge on any atom is -0.507 e. The van der Waals surface area contributed by atoms with E-state index in [0.717, 1.165) is 33.3 Å². The number of nitrogens with zero attached hydrogens (tertiary/aromatic N) is 1. The van der Waals surface area contributed by atoms with Crippen LogP contribution >= 0.6 is 15.9 Å². The van der Waals surface area contributed by atoms with Crippen LogP contribution in [0.3, 0.4) is 0 Å². The first-order chi connectivity index (χ1) is 15.9. The van der Waals surface area contributed by atoms with E-state index >= 15 is 0 Å². The minimum absolute atomic E-state index is 0.0663. The van der Waals surface area contributed by atoms with Crippen LogP contribution in [0.25, 0.3) is 5.76 Å². The van der Waals surface area contributed by atoms with E-state index in [1.807, 2.05) is 73.7 Å². The Balaban J connectivity index is 1.62. The van der Waals surface area contributed by atoms with Crippen LogP contribution < -0.4 is 4.74 Å². The van der Waals surface area contributed by atoms with Crippen LogP contribution in [0.1, 0.15) is 35.2 Å². The highest BCUT2D eigenvalue weighted by atomic mass is 79.9. The highest BCUT2D eigenvalue weighted by Gasteiger charge is 2.46. The fourth-order valence-corrected chi connectivity index (χ4v) is 4.80. The lowest BCUT2D eigenvalue weighted by molar-refractivity contribution is -0.140. The van der Waals surface area contributed by atoms with Crippen molar-refractivity contribution in [3.63, 3.8) is 0 Å². The third-order valence-corrected chi connectivity index (χ3v) is 6.62. The van der Waals surface area contributed by atoms with E-state index in [1.165, 1.54) is 4.90 Å². The first-order valence-electron chi connectivity index (χ1n) is 10.8. The largest absolute Gasteiger partial charge is 0.507 e. The number of Topliss-reactive ketones (excluding diaryl/α,β-unsaturated/α-hetero) is 1. The summed E-state index contributed by atoms with van der Waals surface area (Å²) in [6.07, 6.45) is 0.797. The summed E-state index contributed by atoms with van der Waals surface area (Å²) in [5, 5.41) is 11.3. The summed E-state index contributed by atoms with van der Waals surface area (Å²) < 4.78 is 6.65. The molecule has 0 bridgehead atoms. The molecule has 5 nitrogen and oxygen atoms in total. The molecular formula is C27H22BrNO4. The van der Waals surface area contributed by atoms with Crippen molar-refractivity contribution in [2.45, 2.75) is 32.0 Å². The number of aliphatic hydroxyl groups is 1. The number of fused-ring (bicyclic) bond motifs is 1. The second-order valence-corrected chi connectivity index (χ2v) is 9.33. The Kier molecular flexibility index (Phi) is 5.54. The molecule has 2 unspecified atom stereocenters. The summed E-state index contributed by atoms with van der Waals surface area (Å²) in [6.45, 7) is 2.25. The van der Waals surface area contributed by atoms with Crippen molar-refractivity contribution < 1.29 is 19.4 Å². The Morgan fingerprint density at radius 3 is 2.52 bits per heavy atom. The molecule has 3 aromatic carbocycles. The van der Waals surface area contributed by atoms with Gasteiger partial charge < -0.3 is 14.7 Å². The highest BCUT2D eigenvalue weighted by Crippen LogP contribution is 2.41. The SMILES string of the molecule is CC1Cc2cc(/C(O)=C3\C(=O)C(=O)N(Cc4ccccc4)C3c3ccc(Br)cc3)ccc2O1. The molecule has 5 rings (SSSR count). The van der Waals surface area contributed by atoms with E-state index in [9.17, 15) is 14.7 Å². The molecule has 166 valence electrons. The third kappa shape index (κ3) is 3.95. The molecule has 1 amide bonds. The fraction of sp³-hybridized carbons (Fsp3) is 0.185. The van der Waals surface area contributed by atoms with Crippen molar-refractivity contribution >= 4 is 33.4 Å². The zero-order valence-corrected chi connectivity index (χ0v) is 19.6. The number of rotatable bonds is 4. The number of aliphatic hydroxyl groups excluding tert-OH is 1. The molecule has 6 heteroatoms. The number of carbonyl (C=O) groups excluding carboxylic acids is 2. The Labute approximate surface area is 200 Å². The maximum Gasteiger partial charge on any atom is 0.295 e. The topological polar surface area (TPSA) is 66.8 Å². The van der Waals surface area contributed by atoms with Crippen LogP contribution in [-0.2, 0) is 22.6 Å². The lowest BCUT2D eigenvalue weighted by atomic mass is 9.94. The van der Waals surface area contributed by atoms with Crippen molar-refractivity contribution in [3.05, 3.63) is 105 Å². The first kappa shape index (κ1) is 21.5. The quantitative estimate of drug-likeness (QED) is 0.294. The second kappa shape index (κ2) is 8.52. The summed E-state index contributed by atoms with van der Waals surface area (Å²) in [7, 11) is 0. The summed E-state index contributed by atoms with van der Waals surface area (Å²) in [5.41, 5.74) is 3.25. The van der Waals surface area contributed by atoms with Gasteiger partial charge in [0, 0.05) is 23.0 Å². The molecule has 1 saturated heterocycles. The third-order valence-electron chi connectivity index (χ3n) is 6.09. The van der Waals surface area contributed by atoms with E-state index in [2.05, 4.69) is 15.9 Å². The normalized spacial score (nSPS) is 21.2. The molecule has 0 saturated carbocycles. The zero-order chi connectivity index (χ0) is 23.1. The van der Waals surface area contributed by atoms with Crippen LogP contribution in [0, 0.1) is 0 Å². The Morgan fingerprint density at radius 2 is 1.79 bits per heavy atom. The number of benzene rings is 3. The zero-order valence-electron chi connectivity index (χ0n) is 18.0. The van der Waals surface area contributed by atoms with Gasteiger partial charge in [0.05, 0.1) is 11.6 Å². The fourth-order valence-electron chi connectivity index (χ4n) is 4.54. The molecule has 2 aliphatic rings. The van der Waals surface area contributed by atoms with Crippen LogP contribution in [0.4, 0.5) is 0 Å². The molecule has 3 aromatic rings. The molecular weight excluding hydrogens is 482 g/mol. The van der Waals surface area contributed by atoms with E-state index in [-0.39, 0.29) is 24.0 Å². The highest BCUT2D eigenvalue weighted by molar-refractivity contribution is 9.10. The van der Waals surface area contributed by atoms with Gasteiger partial charge in [-0.2, -0.15) is 0 Å². The molecule has 0 aliphatic carbocycles. The number of ether oxygens (including phenoxy) is 1. The number of carbonyl (C=O) groups is 2. The molecule has 0 spiro atoms. The molecule has 0 aromatic heterocycles. The Morgan fingerprint density at radius 1 is 1.06 bits per heavy atom. The maximum absolute atomic E-state index is 13.2. The Bertz CT molecular complexity index is 1270. The van der Waals surface area contributed by atoms with E-state index in [0.29, 0.717) is 5.56 Å². The molecule has 1 N–H and O–H groups in total. The Hall–Kier alpha value is -3.38. The van der Waals surface area contributed by atoms with Gasteiger partial charge in [-0.25, -0.2) is 0 Å². The van der Waals surface area contributed by atoms with E-state index < -0.39 is 17.7 Å². The molecule has 2 atom stereocenters. The number of likely N-dealkylation sites (tertiary alicyclic amines) is 1. The van der Waals surface area contributed by atoms with Gasteiger partial charge >= 0.3 is 0 Å². The van der Waals surface area contributed by atoms with Crippen molar-refractivity contribution in [3.8, 4) is 5.75 Å². The van der Waals surface area contributed by atoms with Gasteiger partial charge in [-0.05, 0) is 53.9 Å². The lowest BCUT2D eigenvalue weighted by Crippen LogP contribution is -2.29. The summed E-state index contributed by atoms with van der Waals surface area (Å²) in [5.74, 6) is -0.680. The predicted octanol–water partition coefficient (Wildman–Crippen LogP) is 5.39. The maximum atomic E-state index is 13.2. The summed E-state index contributed by atoms with van der Waals surface area (Å²) in [6, 6.07) is 21.7. The van der Waals surface area contributed by atoms with Gasteiger partial charge in [-0.15, -0.1) is 0 Å². The van der Waals surface area contributed by atoms with Gasteiger partial charge in [-0.3, -0.25) is 9.59 Å². The summed E-state index contributed by atoms with van der Waals surface area (Å²) in [4.78, 5) is 27.9. The van der Waals surface area contributed by atoms with Gasteiger partial charge in [-0.1, -0.05) is 58.4 Å². The van der Waals surface area contributed by atoms with Crippen LogP contribution in [0.5, 0.6) is 5.75 Å². The van der Waals surface area contributed by atoms with E-state index in [4.69, 9.17) is 4.74 Å². The van der Waals surface area contributed by atoms with Crippen molar-refractivity contribution in [2.24, 2.45) is 0 Å². The average molecular weight is 504 g/mol. The average Bonchev–Trinajstić information content (AvgIpc) is 3.31. The first-order valence-corrected chi connectivity index (χ1v) is 11.6. The minimum atomic E-state index is -0.693. The number of amides is 1. The second-order valence-electron chi connectivity index (χ2n) is 8.42. The lowest BCUT2D eigenvalue weighted by Gasteiger charge is -2.25. The standard InChI is InChI=1S/C27H22BrNO4/c1-16-13-20-14-19(9-12-22(20)33-16)25(30)23-24(18-7-10-21(28)11-8-18)29(27(32)26(23)31)15-17-5-3-2-4-6-17/h2-12,14,16,24,30H,13,15H2,1H3/b25-23+. The number of halogens is 1. The van der Waals surface area contributed by atoms with Crippen molar-refractivity contribution in [2.75, 3.05) is 0 Å². The van der Waals surface area contributed by atoms with Crippen LogP contribution in [-0.4, -0.2) is 27.8 Å². The monoisotopic (exact) mass is 503 g/mol. The number of hydrogen-bond acceptors (Lipinski definition) is 4. The molecule has 2 aliphatic heterocycles. The molecule has 2 heterocycles. The van der Waals surface area contributed by atoms with Crippen LogP contribution in [0.2, 0.25) is 0 Å². The summed E-state index contributed by atoms with van der Waals surface area (Å²) >= 11 is 3.44. The van der Waals surface area contributed by atoms with Gasteiger partial charge in [0.2, 0.25) is 0 Å². The van der Waals surface area contributed by atoms with Crippen molar-refractivity contribution in [1.29, 1.82) is 0 Å². The van der Waals surface area contributed by atoms with Crippen LogP contribution in [0.15, 0.2) is 82.8 Å². The number of ketones is 1. The molecule has 33 heavy (non-hydrogen) atoms. The smallest absolute Gasteiger partial charge is 0.295 e. The van der Waals surface area contributed by atoms with Gasteiger partial charge in [0.25, 0.3) is 11.7 Å². The molecule has 1 fully saturated rings. The van der Waals surface area contributed by atoms with Gasteiger partial charge in [0.15, 0.2) is 0 Å². The van der Waals surface area contributed by atoms with E-state index in [1.54, 1.807) is 6.07 Å². The van der Waals surface area contributed by atoms with Crippen molar-refractivity contribution in [1.82, 2.24) is 4.90 Å².